The van der Waals surface area contributed by atoms with Crippen molar-refractivity contribution in [3.63, 3.8) is 0 Å². The number of halogens is 1. The van der Waals surface area contributed by atoms with Crippen LogP contribution in [0.1, 0.15) is 33.6 Å². The van der Waals surface area contributed by atoms with Crippen LogP contribution in [0.4, 0.5) is 0 Å². The predicted octanol–water partition coefficient (Wildman–Crippen LogP) is 1.92. The molecule has 0 aliphatic carbocycles. The van der Waals surface area contributed by atoms with Crippen molar-refractivity contribution in [3.05, 3.63) is 0 Å². The summed E-state index contributed by atoms with van der Waals surface area (Å²) in [6.45, 7) is 7.13. The maximum Gasteiger partial charge on any atom is 0.314 e. The quantitative estimate of drug-likeness (QED) is 0.490. The van der Waals surface area contributed by atoms with Crippen LogP contribution in [-0.2, 0) is 4.57 Å². The summed E-state index contributed by atoms with van der Waals surface area (Å²) in [6.07, 6.45) is 2.64. The highest BCUT2D eigenvalue weighted by Crippen LogP contribution is 1.98. The summed E-state index contributed by atoms with van der Waals surface area (Å²) < 4.78 is 8.74. The molecule has 0 aromatic rings. The molecule has 0 amide bonds. The molecule has 0 saturated heterocycles. The maximum absolute atomic E-state index is 8.74. The van der Waals surface area contributed by atoms with Crippen LogP contribution in [0.15, 0.2) is 0 Å². The molecule has 0 aromatic carbocycles. The lowest BCUT2D eigenvalue weighted by Crippen LogP contribution is -1.91. The molecule has 0 spiro atoms. The molecule has 0 rings (SSSR count). The molecule has 0 saturated carbocycles. The summed E-state index contributed by atoms with van der Waals surface area (Å²) in [5.74, 6) is 0. The summed E-state index contributed by atoms with van der Waals surface area (Å²) >= 11 is 4.94. The van der Waals surface area contributed by atoms with Gasteiger partial charge in [0.1, 0.15) is 0 Å². The number of unbranched alkanes of at least 4 members (excludes halogenated alkanes) is 1. The minimum absolute atomic E-state index is 0.835. The third-order valence-electron chi connectivity index (χ3n) is 0.634. The Balaban J connectivity index is -0.000000101. The van der Waals surface area contributed by atoms with E-state index in [2.05, 4.69) is 18.7 Å². The van der Waals surface area contributed by atoms with Crippen LogP contribution in [0, 0.1) is 0 Å². The molecule has 6 heteroatoms. The zero-order valence-electron chi connectivity index (χ0n) is 7.80. The minimum Gasteiger partial charge on any atom is -0.326 e. The third kappa shape index (κ3) is 160. The van der Waals surface area contributed by atoms with Crippen LogP contribution in [0.5, 0.6) is 0 Å². The molecule has 4 nitrogen and oxygen atoms in total. The van der Waals surface area contributed by atoms with Crippen LogP contribution in [0.25, 0.3) is 0 Å². The first-order valence-corrected chi connectivity index (χ1v) is 5.50. The second-order valence-corrected chi connectivity index (χ2v) is 2.60. The van der Waals surface area contributed by atoms with Crippen molar-refractivity contribution in [2.75, 3.05) is 6.54 Å². The van der Waals surface area contributed by atoms with Crippen molar-refractivity contribution in [2.24, 2.45) is 0 Å². The molecule has 0 radical (unpaired) electrons. The molecule has 0 aromatic heterocycles. The first-order chi connectivity index (χ1) is 5.56. The minimum atomic E-state index is -3.13. The summed E-state index contributed by atoms with van der Waals surface area (Å²) in [5.41, 5.74) is 0. The lowest BCUT2D eigenvalue weighted by atomic mass is 10.4. The normalized spacial score (nSPS) is 7.92. The lowest BCUT2D eigenvalue weighted by Gasteiger charge is -1.72. The Labute approximate surface area is 80.0 Å². The molecule has 0 fully saturated rings. The first kappa shape index (κ1) is 18.2. The summed E-state index contributed by atoms with van der Waals surface area (Å²) in [6, 6.07) is 0. The van der Waals surface area contributed by atoms with Crippen LogP contribution in [-0.4, -0.2) is 16.3 Å². The van der Waals surface area contributed by atoms with E-state index < -0.39 is 8.25 Å². The topological polar surface area (TPSA) is 69.6 Å². The molecular weight excluding hydrogens is 200 g/mol. The molecule has 0 unspecified atom stereocenters. The van der Waals surface area contributed by atoms with Gasteiger partial charge in [0.15, 0.2) is 0 Å². The standard InChI is InChI=1S/C4H10.C2H6ClN.H3O3P/c1-3-4-2;1-2-4-3;1-4(2)3/h3-4H2,1-2H3;4H,2H2,1H3;4H,(H2,1,2,3). The highest BCUT2D eigenvalue weighted by molar-refractivity contribution is 7.30. The molecule has 12 heavy (non-hydrogen) atoms. The summed E-state index contributed by atoms with van der Waals surface area (Å²) in [7, 11) is -3.13. The maximum atomic E-state index is 8.74. The third-order valence-corrected chi connectivity index (χ3v) is 0.901. The van der Waals surface area contributed by atoms with E-state index in [0.717, 1.165) is 6.54 Å². The molecule has 0 heterocycles. The fraction of sp³-hybridized carbons (Fsp3) is 1.00. The molecule has 3 N–H and O–H groups in total. The van der Waals surface area contributed by atoms with Crippen molar-refractivity contribution in [1.29, 1.82) is 0 Å². The average Bonchev–Trinajstić information content (AvgIpc) is 2.03. The zero-order valence-corrected chi connectivity index (χ0v) is 9.56. The van der Waals surface area contributed by atoms with E-state index in [1.165, 1.54) is 12.8 Å². The number of hydrogen-bond donors (Lipinski definition) is 3. The van der Waals surface area contributed by atoms with E-state index in [0.29, 0.717) is 0 Å². The van der Waals surface area contributed by atoms with E-state index in [1.54, 1.807) is 0 Å². The van der Waals surface area contributed by atoms with Crippen molar-refractivity contribution in [1.82, 2.24) is 4.84 Å². The van der Waals surface area contributed by atoms with Crippen LogP contribution >= 0.6 is 20.0 Å². The summed E-state index contributed by atoms with van der Waals surface area (Å²) in [4.78, 5) is 16.7. The Morgan fingerprint density at radius 3 is 1.42 bits per heavy atom. The van der Waals surface area contributed by atoms with Crippen molar-refractivity contribution in [2.45, 2.75) is 33.6 Å². The van der Waals surface area contributed by atoms with E-state index in [9.17, 15) is 0 Å². The highest BCUT2D eigenvalue weighted by Gasteiger charge is 1.61. The van der Waals surface area contributed by atoms with Gasteiger partial charge in [-0.05, 0) is 11.8 Å². The monoisotopic (exact) mass is 219 g/mol. The van der Waals surface area contributed by atoms with Gasteiger partial charge in [-0.2, -0.15) is 0 Å². The Morgan fingerprint density at radius 1 is 1.25 bits per heavy atom. The Morgan fingerprint density at radius 2 is 1.42 bits per heavy atom. The summed E-state index contributed by atoms with van der Waals surface area (Å²) in [5, 5.41) is 0. The molecule has 0 aliphatic heterocycles. The van der Waals surface area contributed by atoms with Gasteiger partial charge < -0.3 is 9.79 Å². The zero-order chi connectivity index (χ0) is 10.4. The molecule has 0 bridgehead atoms. The van der Waals surface area contributed by atoms with Crippen LogP contribution < -0.4 is 4.84 Å². The Bertz CT molecular complexity index is 73.2. The van der Waals surface area contributed by atoms with E-state index in [1.807, 2.05) is 6.92 Å². The van der Waals surface area contributed by atoms with Gasteiger partial charge in [-0.1, -0.05) is 33.6 Å². The van der Waals surface area contributed by atoms with Gasteiger partial charge in [-0.15, -0.1) is 0 Å². The van der Waals surface area contributed by atoms with Crippen molar-refractivity contribution >= 4 is 20.0 Å². The molecule has 0 atom stereocenters. The molecular formula is C6H19ClNO3P. The van der Waals surface area contributed by atoms with E-state index in [-0.39, 0.29) is 0 Å². The second-order valence-electron chi connectivity index (χ2n) is 1.77. The first-order valence-electron chi connectivity index (χ1n) is 3.82. The fourth-order valence-electron chi connectivity index (χ4n) is 0. The SMILES string of the molecule is CCCC.CCNCl.O=[PH](O)O. The number of rotatable bonds is 2. The number of nitrogens with one attached hydrogen (secondary N) is 1. The molecule has 78 valence electrons. The molecule has 0 aliphatic rings. The van der Waals surface area contributed by atoms with Gasteiger partial charge in [-0.3, -0.25) is 4.57 Å². The second kappa shape index (κ2) is 22.5. The van der Waals surface area contributed by atoms with Crippen molar-refractivity contribution in [3.8, 4) is 0 Å². The van der Waals surface area contributed by atoms with Gasteiger partial charge in [0.25, 0.3) is 0 Å². The Hall–Kier alpha value is 0.400. The lowest BCUT2D eigenvalue weighted by molar-refractivity contribution is 0.405. The average molecular weight is 220 g/mol. The fourth-order valence-corrected chi connectivity index (χ4v) is 0. The van der Waals surface area contributed by atoms with Crippen LogP contribution in [0.2, 0.25) is 0 Å². The highest BCUT2D eigenvalue weighted by atomic mass is 35.5. The van der Waals surface area contributed by atoms with Gasteiger partial charge in [-0.25, -0.2) is 4.84 Å². The van der Waals surface area contributed by atoms with Gasteiger partial charge in [0.2, 0.25) is 0 Å². The van der Waals surface area contributed by atoms with Gasteiger partial charge in [0.05, 0.1) is 0 Å². The number of hydrogen-bond acceptors (Lipinski definition) is 2. The van der Waals surface area contributed by atoms with Gasteiger partial charge >= 0.3 is 8.25 Å². The van der Waals surface area contributed by atoms with Crippen molar-refractivity contribution < 1.29 is 14.4 Å². The predicted molar refractivity (Wildman–Crippen MR) is 53.6 cm³/mol. The smallest absolute Gasteiger partial charge is 0.314 e. The van der Waals surface area contributed by atoms with Crippen LogP contribution in [0.3, 0.4) is 0 Å². The largest absolute Gasteiger partial charge is 0.326 e. The van der Waals surface area contributed by atoms with Gasteiger partial charge in [0, 0.05) is 6.54 Å². The van der Waals surface area contributed by atoms with E-state index >= 15 is 0 Å². The Kier molecular flexibility index (Phi) is 34.2. The van der Waals surface area contributed by atoms with E-state index in [4.69, 9.17) is 26.1 Å².